The van der Waals surface area contributed by atoms with Crippen molar-refractivity contribution in [2.75, 3.05) is 13.2 Å². The Morgan fingerprint density at radius 2 is 1.96 bits per heavy atom. The van der Waals surface area contributed by atoms with E-state index in [1.807, 2.05) is 24.3 Å². The summed E-state index contributed by atoms with van der Waals surface area (Å²) in [6, 6.07) is 13.5. The van der Waals surface area contributed by atoms with Gasteiger partial charge in [-0.15, -0.1) is 5.10 Å². The zero-order valence-corrected chi connectivity index (χ0v) is 12.3. The van der Waals surface area contributed by atoms with Gasteiger partial charge in [0.15, 0.2) is 11.6 Å². The van der Waals surface area contributed by atoms with E-state index >= 15 is 0 Å². The van der Waals surface area contributed by atoms with E-state index in [9.17, 15) is 9.18 Å². The van der Waals surface area contributed by atoms with E-state index in [1.54, 1.807) is 18.2 Å². The second-order valence-electron chi connectivity index (χ2n) is 4.86. The second kappa shape index (κ2) is 6.87. The number of aromatic nitrogens is 3. The molecule has 2 aromatic carbocycles. The summed E-state index contributed by atoms with van der Waals surface area (Å²) in [6.45, 7) is 0.533. The Hall–Kier alpha value is -2.96. The smallest absolute Gasteiger partial charge is 0.241 e. The van der Waals surface area contributed by atoms with Crippen LogP contribution in [0.15, 0.2) is 48.5 Å². The molecule has 1 N–H and O–H groups in total. The Bertz CT molecular complexity index is 818. The van der Waals surface area contributed by atoms with Crippen LogP contribution < -0.4 is 10.1 Å². The number of hydrogen-bond acceptors (Lipinski definition) is 4. The van der Waals surface area contributed by atoms with Gasteiger partial charge in [0.05, 0.1) is 12.1 Å². The van der Waals surface area contributed by atoms with Crippen LogP contribution in [0.3, 0.4) is 0 Å². The Labute approximate surface area is 131 Å². The van der Waals surface area contributed by atoms with E-state index in [0.29, 0.717) is 0 Å². The topological polar surface area (TPSA) is 69.0 Å². The number of nitrogens with one attached hydrogen (secondary N) is 1. The summed E-state index contributed by atoms with van der Waals surface area (Å²) in [6.07, 6.45) is 0. The number of rotatable bonds is 6. The van der Waals surface area contributed by atoms with Crippen molar-refractivity contribution in [3.63, 3.8) is 0 Å². The third-order valence-electron chi connectivity index (χ3n) is 3.23. The van der Waals surface area contributed by atoms with Gasteiger partial charge in [0.25, 0.3) is 0 Å². The molecule has 0 aliphatic rings. The lowest BCUT2D eigenvalue weighted by atomic mass is 10.3. The van der Waals surface area contributed by atoms with Gasteiger partial charge in [-0.1, -0.05) is 29.5 Å². The lowest BCUT2D eigenvalue weighted by molar-refractivity contribution is -0.121. The number of carbonyl (C=O) groups excluding carboxylic acids is 1. The summed E-state index contributed by atoms with van der Waals surface area (Å²) in [5, 5.41) is 10.6. The number of hydrogen-bond donors (Lipinski definition) is 1. The minimum Gasteiger partial charge on any atom is -0.489 e. The van der Waals surface area contributed by atoms with Crippen LogP contribution >= 0.6 is 0 Å². The number of amides is 1. The summed E-state index contributed by atoms with van der Waals surface area (Å²) in [7, 11) is 0. The molecule has 0 fully saturated rings. The third kappa shape index (κ3) is 3.63. The highest BCUT2D eigenvalue weighted by Crippen LogP contribution is 2.14. The lowest BCUT2D eigenvalue weighted by Crippen LogP contribution is -2.31. The predicted molar refractivity (Wildman–Crippen MR) is 82.4 cm³/mol. The first-order valence-electron chi connectivity index (χ1n) is 7.16. The van der Waals surface area contributed by atoms with Crippen molar-refractivity contribution in [1.29, 1.82) is 0 Å². The van der Waals surface area contributed by atoms with Crippen molar-refractivity contribution in [3.8, 4) is 5.75 Å². The molecule has 1 heterocycles. The number of fused-ring (bicyclic) bond motifs is 1. The molecule has 0 atom stereocenters. The van der Waals surface area contributed by atoms with E-state index in [-0.39, 0.29) is 31.4 Å². The normalized spacial score (nSPS) is 10.7. The van der Waals surface area contributed by atoms with E-state index in [2.05, 4.69) is 15.6 Å². The zero-order chi connectivity index (χ0) is 16.1. The molecule has 3 rings (SSSR count). The van der Waals surface area contributed by atoms with Gasteiger partial charge >= 0.3 is 0 Å². The molecule has 1 amide bonds. The van der Waals surface area contributed by atoms with Crippen LogP contribution in [0.4, 0.5) is 4.39 Å². The van der Waals surface area contributed by atoms with Gasteiger partial charge in [-0.2, -0.15) is 0 Å². The largest absolute Gasteiger partial charge is 0.489 e. The van der Waals surface area contributed by atoms with Gasteiger partial charge in [-0.25, -0.2) is 9.07 Å². The van der Waals surface area contributed by atoms with Crippen LogP contribution in [-0.4, -0.2) is 34.1 Å². The molecule has 0 bridgehead atoms. The minimum absolute atomic E-state index is 0.0697. The van der Waals surface area contributed by atoms with Crippen LogP contribution in [0, 0.1) is 5.82 Å². The van der Waals surface area contributed by atoms with E-state index < -0.39 is 5.82 Å². The minimum atomic E-state index is -0.423. The highest BCUT2D eigenvalue weighted by molar-refractivity contribution is 5.79. The summed E-state index contributed by atoms with van der Waals surface area (Å²) >= 11 is 0. The maximum Gasteiger partial charge on any atom is 0.241 e. The fourth-order valence-corrected chi connectivity index (χ4v) is 2.14. The SMILES string of the molecule is O=C(Cn1nnc2ccccc21)NCCOc1ccccc1F. The molecule has 0 saturated carbocycles. The number of carbonyl (C=O) groups is 1. The molecule has 118 valence electrons. The lowest BCUT2D eigenvalue weighted by Gasteiger charge is -2.08. The number of para-hydroxylation sites is 2. The number of nitrogens with zero attached hydrogens (tertiary/aromatic N) is 3. The van der Waals surface area contributed by atoms with Gasteiger partial charge in [0.1, 0.15) is 18.7 Å². The Morgan fingerprint density at radius 3 is 2.83 bits per heavy atom. The molecule has 0 saturated heterocycles. The average Bonchev–Trinajstić information content (AvgIpc) is 2.96. The third-order valence-corrected chi connectivity index (χ3v) is 3.23. The molecule has 7 heteroatoms. The van der Waals surface area contributed by atoms with Crippen LogP contribution in [0.1, 0.15) is 0 Å². The van der Waals surface area contributed by atoms with E-state index in [1.165, 1.54) is 10.7 Å². The fraction of sp³-hybridized carbons (Fsp3) is 0.188. The molecule has 0 radical (unpaired) electrons. The molecule has 23 heavy (non-hydrogen) atoms. The fourth-order valence-electron chi connectivity index (χ4n) is 2.14. The van der Waals surface area contributed by atoms with Crippen molar-refractivity contribution < 1.29 is 13.9 Å². The number of ether oxygens (including phenoxy) is 1. The van der Waals surface area contributed by atoms with Crippen LogP contribution in [0.2, 0.25) is 0 Å². The molecule has 1 aromatic heterocycles. The average molecular weight is 314 g/mol. The molecular formula is C16H15FN4O2. The molecule has 3 aromatic rings. The Balaban J connectivity index is 1.48. The van der Waals surface area contributed by atoms with Crippen molar-refractivity contribution >= 4 is 16.9 Å². The summed E-state index contributed by atoms with van der Waals surface area (Å²) < 4.78 is 20.1. The molecule has 0 spiro atoms. The maximum atomic E-state index is 13.3. The highest BCUT2D eigenvalue weighted by Gasteiger charge is 2.08. The molecule has 6 nitrogen and oxygen atoms in total. The van der Waals surface area contributed by atoms with Gasteiger partial charge in [0.2, 0.25) is 5.91 Å². The Kier molecular flexibility index (Phi) is 4.46. The van der Waals surface area contributed by atoms with Crippen molar-refractivity contribution in [3.05, 3.63) is 54.3 Å². The first kappa shape index (κ1) is 15.0. The first-order chi connectivity index (χ1) is 11.2. The molecular weight excluding hydrogens is 299 g/mol. The quantitative estimate of drug-likeness (QED) is 0.704. The molecule has 0 aliphatic carbocycles. The molecule has 0 aliphatic heterocycles. The van der Waals surface area contributed by atoms with Crippen molar-refractivity contribution in [1.82, 2.24) is 20.3 Å². The zero-order valence-electron chi connectivity index (χ0n) is 12.3. The molecule has 0 unspecified atom stereocenters. The monoisotopic (exact) mass is 314 g/mol. The second-order valence-corrected chi connectivity index (χ2v) is 4.86. The summed E-state index contributed by atoms with van der Waals surface area (Å²) in [4.78, 5) is 11.9. The first-order valence-corrected chi connectivity index (χ1v) is 7.16. The van der Waals surface area contributed by atoms with Gasteiger partial charge in [0, 0.05) is 0 Å². The standard InChI is InChI=1S/C16H15FN4O2/c17-12-5-1-4-8-15(12)23-10-9-18-16(22)11-21-14-7-3-2-6-13(14)19-20-21/h1-8H,9-11H2,(H,18,22). The van der Waals surface area contributed by atoms with Crippen molar-refractivity contribution in [2.45, 2.75) is 6.54 Å². The Morgan fingerprint density at radius 1 is 1.17 bits per heavy atom. The van der Waals surface area contributed by atoms with Crippen molar-refractivity contribution in [2.24, 2.45) is 0 Å². The van der Waals surface area contributed by atoms with E-state index in [0.717, 1.165) is 11.0 Å². The van der Waals surface area contributed by atoms with Crippen LogP contribution in [0.25, 0.3) is 11.0 Å². The number of halogens is 1. The van der Waals surface area contributed by atoms with Gasteiger partial charge < -0.3 is 10.1 Å². The maximum absolute atomic E-state index is 13.3. The van der Waals surface area contributed by atoms with Crippen LogP contribution in [0.5, 0.6) is 5.75 Å². The van der Waals surface area contributed by atoms with E-state index in [4.69, 9.17) is 4.74 Å². The van der Waals surface area contributed by atoms with Crippen LogP contribution in [-0.2, 0) is 11.3 Å². The van der Waals surface area contributed by atoms with Gasteiger partial charge in [-0.05, 0) is 24.3 Å². The highest BCUT2D eigenvalue weighted by atomic mass is 19.1. The van der Waals surface area contributed by atoms with Gasteiger partial charge in [-0.3, -0.25) is 4.79 Å². The number of benzene rings is 2. The predicted octanol–water partition coefficient (Wildman–Crippen LogP) is 1.77. The summed E-state index contributed by atoms with van der Waals surface area (Å²) in [5.74, 6) is -0.463. The summed E-state index contributed by atoms with van der Waals surface area (Å²) in [5.41, 5.74) is 1.54.